The van der Waals surface area contributed by atoms with Gasteiger partial charge in [0, 0.05) is 12.0 Å². The number of benzene rings is 2. The normalized spacial score (nSPS) is 12.0. The van der Waals surface area contributed by atoms with Crippen LogP contribution in [0.4, 0.5) is 10.8 Å². The molecule has 10 heteroatoms. The van der Waals surface area contributed by atoms with E-state index in [2.05, 4.69) is 20.8 Å². The van der Waals surface area contributed by atoms with Crippen LogP contribution in [0, 0.1) is 0 Å². The summed E-state index contributed by atoms with van der Waals surface area (Å²) in [5.41, 5.74) is 0.674. The molecule has 160 valence electrons. The first-order valence-electron chi connectivity index (χ1n) is 9.55. The molecule has 0 fully saturated rings. The van der Waals surface area contributed by atoms with Crippen LogP contribution in [0.1, 0.15) is 35.1 Å². The van der Waals surface area contributed by atoms with Crippen LogP contribution in [0.5, 0.6) is 17.2 Å². The van der Waals surface area contributed by atoms with E-state index < -0.39 is 5.91 Å². The summed E-state index contributed by atoms with van der Waals surface area (Å²) in [4.78, 5) is 25.1. The molecule has 0 saturated carbocycles. The lowest BCUT2D eigenvalue weighted by atomic mass is 10.1. The fourth-order valence-electron chi connectivity index (χ4n) is 2.77. The van der Waals surface area contributed by atoms with E-state index in [-0.39, 0.29) is 25.2 Å². The van der Waals surface area contributed by atoms with E-state index in [4.69, 9.17) is 14.2 Å². The molecule has 0 spiro atoms. The third-order valence-corrected chi connectivity index (χ3v) is 5.45. The van der Waals surface area contributed by atoms with Gasteiger partial charge in [0.2, 0.25) is 11.9 Å². The van der Waals surface area contributed by atoms with Crippen LogP contribution in [-0.4, -0.2) is 35.4 Å². The number of fused-ring (bicyclic) bond motifs is 1. The maximum Gasteiger partial charge on any atom is 0.262 e. The Morgan fingerprint density at radius 2 is 1.90 bits per heavy atom. The van der Waals surface area contributed by atoms with Crippen molar-refractivity contribution in [3.63, 3.8) is 0 Å². The first-order chi connectivity index (χ1) is 15.0. The number of amides is 2. The van der Waals surface area contributed by atoms with E-state index in [9.17, 15) is 9.59 Å². The highest BCUT2D eigenvalue weighted by molar-refractivity contribution is 7.15. The van der Waals surface area contributed by atoms with Crippen molar-refractivity contribution in [1.82, 2.24) is 10.2 Å². The molecule has 2 N–H and O–H groups in total. The van der Waals surface area contributed by atoms with Crippen LogP contribution in [-0.2, 0) is 4.79 Å². The molecule has 31 heavy (non-hydrogen) atoms. The minimum Gasteiger partial charge on any atom is -0.484 e. The highest BCUT2D eigenvalue weighted by Crippen LogP contribution is 2.35. The number of carbonyl (C=O) groups excluding carboxylic acids is 2. The Labute approximate surface area is 182 Å². The van der Waals surface area contributed by atoms with Crippen LogP contribution in [0.25, 0.3) is 0 Å². The largest absolute Gasteiger partial charge is 0.484 e. The van der Waals surface area contributed by atoms with E-state index in [1.165, 1.54) is 11.3 Å². The molecule has 0 bridgehead atoms. The third-order valence-electron chi connectivity index (χ3n) is 4.31. The average Bonchev–Trinajstić information content (AvgIpc) is 3.41. The van der Waals surface area contributed by atoms with Crippen molar-refractivity contribution in [2.24, 2.45) is 0 Å². The summed E-state index contributed by atoms with van der Waals surface area (Å²) in [6.07, 6.45) is 0. The van der Waals surface area contributed by atoms with Gasteiger partial charge >= 0.3 is 0 Å². The molecule has 2 amide bonds. The summed E-state index contributed by atoms with van der Waals surface area (Å²) in [7, 11) is 0. The number of hydrogen-bond acceptors (Lipinski definition) is 8. The van der Waals surface area contributed by atoms with Crippen molar-refractivity contribution in [2.75, 3.05) is 24.0 Å². The molecular weight excluding hydrogens is 420 g/mol. The molecule has 9 nitrogen and oxygen atoms in total. The zero-order valence-electron chi connectivity index (χ0n) is 16.9. The van der Waals surface area contributed by atoms with Crippen molar-refractivity contribution in [3.8, 4) is 17.2 Å². The van der Waals surface area contributed by atoms with Crippen molar-refractivity contribution in [2.45, 2.75) is 19.8 Å². The molecule has 3 aromatic rings. The van der Waals surface area contributed by atoms with E-state index in [1.54, 1.807) is 42.5 Å². The first-order valence-corrected chi connectivity index (χ1v) is 10.4. The molecule has 2 heterocycles. The monoisotopic (exact) mass is 440 g/mol. The van der Waals surface area contributed by atoms with Crippen LogP contribution in [0.3, 0.4) is 0 Å². The number of carbonyl (C=O) groups is 2. The van der Waals surface area contributed by atoms with Gasteiger partial charge in [-0.2, -0.15) is 0 Å². The molecule has 1 aliphatic rings. The van der Waals surface area contributed by atoms with E-state index >= 15 is 0 Å². The summed E-state index contributed by atoms with van der Waals surface area (Å²) in [5.74, 6) is 1.10. The van der Waals surface area contributed by atoms with Gasteiger partial charge in [0.05, 0.1) is 11.3 Å². The number of anilines is 2. The molecule has 0 radical (unpaired) electrons. The molecule has 0 unspecified atom stereocenters. The van der Waals surface area contributed by atoms with E-state index in [0.29, 0.717) is 33.6 Å². The maximum absolute atomic E-state index is 12.7. The second-order valence-corrected chi connectivity index (χ2v) is 7.96. The zero-order valence-corrected chi connectivity index (χ0v) is 17.7. The summed E-state index contributed by atoms with van der Waals surface area (Å²) >= 11 is 1.32. The highest BCUT2D eigenvalue weighted by atomic mass is 32.1. The zero-order chi connectivity index (χ0) is 21.8. The standard InChI is InChI=1S/C21H20N4O5S/c1-12(2)20-24-25-21(31-20)23-19(27)14-5-3-4-6-15(14)22-18(26)10-28-13-7-8-16-17(9-13)30-11-29-16/h3-9,12H,10-11H2,1-2H3,(H,22,26)(H,23,25,27). The Morgan fingerprint density at radius 3 is 2.71 bits per heavy atom. The Morgan fingerprint density at radius 1 is 1.10 bits per heavy atom. The van der Waals surface area contributed by atoms with Gasteiger partial charge in [0.15, 0.2) is 18.1 Å². The number of rotatable bonds is 7. The van der Waals surface area contributed by atoms with Gasteiger partial charge in [-0.05, 0) is 24.3 Å². The summed E-state index contributed by atoms with van der Waals surface area (Å²) in [6.45, 7) is 3.93. The van der Waals surface area contributed by atoms with Gasteiger partial charge in [0.1, 0.15) is 10.8 Å². The molecule has 0 atom stereocenters. The smallest absolute Gasteiger partial charge is 0.262 e. The van der Waals surface area contributed by atoms with Gasteiger partial charge < -0.3 is 19.5 Å². The summed E-state index contributed by atoms with van der Waals surface area (Å²) < 4.78 is 16.1. The van der Waals surface area contributed by atoms with Crippen molar-refractivity contribution in [1.29, 1.82) is 0 Å². The minimum absolute atomic E-state index is 0.161. The third kappa shape index (κ3) is 4.92. The lowest BCUT2D eigenvalue weighted by Gasteiger charge is -2.11. The lowest BCUT2D eigenvalue weighted by molar-refractivity contribution is -0.118. The number of nitrogens with zero attached hydrogens (tertiary/aromatic N) is 2. The molecule has 1 aliphatic heterocycles. The second kappa shape index (κ2) is 9.00. The van der Waals surface area contributed by atoms with Crippen molar-refractivity contribution < 1.29 is 23.8 Å². The lowest BCUT2D eigenvalue weighted by Crippen LogP contribution is -2.22. The molecule has 4 rings (SSSR count). The van der Waals surface area contributed by atoms with E-state index in [1.807, 2.05) is 13.8 Å². The van der Waals surface area contributed by atoms with Crippen LogP contribution >= 0.6 is 11.3 Å². The number of nitrogens with one attached hydrogen (secondary N) is 2. The topological polar surface area (TPSA) is 112 Å². The Bertz CT molecular complexity index is 1110. The van der Waals surface area contributed by atoms with Gasteiger partial charge in [0.25, 0.3) is 11.8 Å². The van der Waals surface area contributed by atoms with Gasteiger partial charge in [-0.1, -0.05) is 37.3 Å². The SMILES string of the molecule is CC(C)c1nnc(NC(=O)c2ccccc2NC(=O)COc2ccc3c(c2)OCO3)s1. The predicted molar refractivity (Wildman–Crippen MR) is 115 cm³/mol. The fraction of sp³-hybridized carbons (Fsp3) is 0.238. The van der Waals surface area contributed by atoms with Gasteiger partial charge in [-0.25, -0.2) is 0 Å². The van der Waals surface area contributed by atoms with Crippen molar-refractivity contribution in [3.05, 3.63) is 53.0 Å². The van der Waals surface area contributed by atoms with Crippen LogP contribution in [0.2, 0.25) is 0 Å². The number of ether oxygens (including phenoxy) is 3. The molecule has 2 aromatic carbocycles. The highest BCUT2D eigenvalue weighted by Gasteiger charge is 2.17. The fourth-order valence-corrected chi connectivity index (χ4v) is 3.52. The second-order valence-electron chi connectivity index (χ2n) is 6.95. The Balaban J connectivity index is 1.38. The quantitative estimate of drug-likeness (QED) is 0.577. The number of hydrogen-bond donors (Lipinski definition) is 2. The maximum atomic E-state index is 12.7. The average molecular weight is 440 g/mol. The predicted octanol–water partition coefficient (Wildman–Crippen LogP) is 3.66. The molecule has 1 aromatic heterocycles. The van der Waals surface area contributed by atoms with Crippen LogP contribution in [0.15, 0.2) is 42.5 Å². The first kappa shape index (κ1) is 20.6. The summed E-state index contributed by atoms with van der Waals surface area (Å²) in [6, 6.07) is 11.8. The minimum atomic E-state index is -0.407. The van der Waals surface area contributed by atoms with Gasteiger partial charge in [-0.15, -0.1) is 10.2 Å². The molecule has 0 aliphatic carbocycles. The van der Waals surface area contributed by atoms with Gasteiger partial charge in [-0.3, -0.25) is 14.9 Å². The number of para-hydroxylation sites is 1. The molecular formula is C21H20N4O5S. The number of aromatic nitrogens is 2. The van der Waals surface area contributed by atoms with E-state index in [0.717, 1.165) is 5.01 Å². The summed E-state index contributed by atoms with van der Waals surface area (Å²) in [5, 5.41) is 14.7. The Kier molecular flexibility index (Phi) is 5.99. The van der Waals surface area contributed by atoms with Crippen LogP contribution < -0.4 is 24.8 Å². The molecule has 0 saturated heterocycles. The van der Waals surface area contributed by atoms with Crippen molar-refractivity contribution >= 4 is 34.0 Å². The Hall–Kier alpha value is -3.66.